The van der Waals surface area contributed by atoms with E-state index in [0.29, 0.717) is 44.1 Å². The molecule has 3 aromatic rings. The minimum atomic E-state index is -1.34. The molecule has 202 valence electrons. The summed E-state index contributed by atoms with van der Waals surface area (Å²) in [6, 6.07) is 1.18. The van der Waals surface area contributed by atoms with Gasteiger partial charge in [0.15, 0.2) is 11.6 Å². The van der Waals surface area contributed by atoms with Crippen molar-refractivity contribution in [2.75, 3.05) is 44.7 Å². The van der Waals surface area contributed by atoms with Crippen LogP contribution in [0, 0.1) is 22.9 Å². The second-order valence-electron chi connectivity index (χ2n) is 9.73. The van der Waals surface area contributed by atoms with Gasteiger partial charge in [0.1, 0.15) is 17.4 Å². The smallest absolute Gasteiger partial charge is 0.381 e. The van der Waals surface area contributed by atoms with Crippen LogP contribution in [0.1, 0.15) is 41.5 Å². The van der Waals surface area contributed by atoms with Crippen LogP contribution in [0.5, 0.6) is 5.75 Å². The Balaban J connectivity index is 1.34. The Hall–Kier alpha value is -4.00. The molecule has 1 aliphatic carbocycles. The van der Waals surface area contributed by atoms with Crippen LogP contribution in [-0.2, 0) is 6.54 Å². The Morgan fingerprint density at radius 1 is 1.24 bits per heavy atom. The number of aromatic nitrogens is 3. The zero-order valence-corrected chi connectivity index (χ0v) is 21.2. The fourth-order valence-corrected chi connectivity index (χ4v) is 5.19. The number of carboxylic acid groups (broad SMARTS) is 1. The molecule has 5 rings (SSSR count). The number of carbonyl (C=O) groups is 1. The summed E-state index contributed by atoms with van der Waals surface area (Å²) in [4.78, 5) is 43.1. The van der Waals surface area contributed by atoms with Crippen molar-refractivity contribution in [3.63, 3.8) is 0 Å². The van der Waals surface area contributed by atoms with Gasteiger partial charge in [-0.3, -0.25) is 9.69 Å². The van der Waals surface area contributed by atoms with Gasteiger partial charge < -0.3 is 34.0 Å². The van der Waals surface area contributed by atoms with E-state index in [-0.39, 0.29) is 34.2 Å². The van der Waals surface area contributed by atoms with Gasteiger partial charge in [-0.05, 0) is 41.8 Å². The Bertz CT molecular complexity index is 1470. The first kappa shape index (κ1) is 25.6. The number of fused-ring (bicyclic) bond motifs is 1. The van der Waals surface area contributed by atoms with E-state index in [4.69, 9.17) is 4.74 Å². The van der Waals surface area contributed by atoms with Crippen molar-refractivity contribution in [1.29, 1.82) is 0 Å². The van der Waals surface area contributed by atoms with Gasteiger partial charge >= 0.3 is 11.8 Å². The Labute approximate surface area is 217 Å². The van der Waals surface area contributed by atoms with E-state index in [1.54, 1.807) is 16.1 Å². The molecule has 0 bridgehead atoms. The molecule has 0 radical (unpaired) electrons. The summed E-state index contributed by atoms with van der Waals surface area (Å²) in [6.45, 7) is 5.55. The maximum absolute atomic E-state index is 15.5. The van der Waals surface area contributed by atoms with Crippen LogP contribution in [0.25, 0.3) is 10.9 Å². The van der Waals surface area contributed by atoms with Crippen molar-refractivity contribution in [1.82, 2.24) is 19.0 Å². The molecule has 0 spiro atoms. The molecule has 38 heavy (non-hydrogen) atoms. The van der Waals surface area contributed by atoms with Gasteiger partial charge in [0.25, 0.3) is 0 Å². The summed E-state index contributed by atoms with van der Waals surface area (Å²) >= 11 is 0. The van der Waals surface area contributed by atoms with Crippen molar-refractivity contribution in [2.45, 2.75) is 38.8 Å². The molecule has 2 aromatic heterocycles. The largest absolute Gasteiger partial charge is 0.492 e. The van der Waals surface area contributed by atoms with Gasteiger partial charge in [-0.25, -0.2) is 9.18 Å². The SMILES string of the molecule is COc1c(N2CCN(CCCn3cc([N+](=O)[O-])nc3C)CC2)c(F)cc2c(=O)c(C(=O)O)cn(C3CC3)c12. The van der Waals surface area contributed by atoms with Crippen molar-refractivity contribution in [2.24, 2.45) is 0 Å². The summed E-state index contributed by atoms with van der Waals surface area (Å²) in [5.74, 6) is -1.28. The maximum Gasteiger partial charge on any atom is 0.381 e. The topological polar surface area (TPSA) is 136 Å². The Kier molecular flexibility index (Phi) is 6.78. The van der Waals surface area contributed by atoms with Crippen LogP contribution in [-0.4, -0.2) is 74.9 Å². The third-order valence-electron chi connectivity index (χ3n) is 7.29. The summed E-state index contributed by atoms with van der Waals surface area (Å²) in [6.07, 6.45) is 5.27. The molecule has 2 fully saturated rings. The first-order valence-electron chi connectivity index (χ1n) is 12.5. The van der Waals surface area contributed by atoms with Gasteiger partial charge in [-0.2, -0.15) is 0 Å². The van der Waals surface area contributed by atoms with Crippen LogP contribution in [0.4, 0.5) is 15.9 Å². The van der Waals surface area contributed by atoms with Crippen LogP contribution in [0.15, 0.2) is 23.3 Å². The molecule has 12 nitrogen and oxygen atoms in total. The highest BCUT2D eigenvalue weighted by molar-refractivity contribution is 5.97. The predicted octanol–water partition coefficient (Wildman–Crippen LogP) is 2.81. The molecule has 1 saturated heterocycles. The van der Waals surface area contributed by atoms with Crippen LogP contribution < -0.4 is 15.1 Å². The number of carboxylic acids is 1. The van der Waals surface area contributed by atoms with E-state index in [1.165, 1.54) is 19.5 Å². The lowest BCUT2D eigenvalue weighted by Gasteiger charge is -2.37. The van der Waals surface area contributed by atoms with E-state index < -0.39 is 22.1 Å². The molecule has 1 saturated carbocycles. The standard InChI is InChI=1S/C25H29FN6O6/c1-15-27-20(32(36)37)14-30(15)7-3-6-28-8-10-29(11-9-28)22-19(26)12-17-21(24(22)38-2)31(16-4-5-16)13-18(23(17)33)25(34)35/h12-14,16H,3-11H2,1-2H3,(H,34,35). The van der Waals surface area contributed by atoms with Crippen molar-refractivity contribution in [3.05, 3.63) is 56.0 Å². The maximum atomic E-state index is 15.5. The zero-order chi connectivity index (χ0) is 27.1. The van der Waals surface area contributed by atoms with E-state index >= 15 is 4.39 Å². The number of hydrogen-bond acceptors (Lipinski definition) is 8. The van der Waals surface area contributed by atoms with Gasteiger partial charge in [-0.1, -0.05) is 0 Å². The highest BCUT2D eigenvalue weighted by Gasteiger charge is 2.32. The molecule has 0 unspecified atom stereocenters. The highest BCUT2D eigenvalue weighted by atomic mass is 19.1. The first-order chi connectivity index (χ1) is 18.2. The normalized spacial score (nSPS) is 16.2. The summed E-state index contributed by atoms with van der Waals surface area (Å²) < 4.78 is 24.7. The van der Waals surface area contributed by atoms with E-state index in [9.17, 15) is 24.8 Å². The number of piperazine rings is 1. The number of halogens is 1. The molecule has 1 aromatic carbocycles. The number of anilines is 1. The third kappa shape index (κ3) is 4.69. The number of nitrogens with zero attached hydrogens (tertiary/aromatic N) is 6. The summed E-state index contributed by atoms with van der Waals surface area (Å²) in [5.41, 5.74) is -0.407. The van der Waals surface area contributed by atoms with Gasteiger partial charge in [0, 0.05) is 51.9 Å². The monoisotopic (exact) mass is 528 g/mol. The average molecular weight is 529 g/mol. The molecule has 13 heteroatoms. The lowest BCUT2D eigenvalue weighted by atomic mass is 10.1. The minimum Gasteiger partial charge on any atom is -0.492 e. The average Bonchev–Trinajstić information content (AvgIpc) is 3.66. The van der Waals surface area contributed by atoms with Crippen LogP contribution in [0.2, 0.25) is 0 Å². The Morgan fingerprint density at radius 3 is 2.53 bits per heavy atom. The number of aryl methyl sites for hydroxylation is 2. The number of hydrogen-bond donors (Lipinski definition) is 1. The molecule has 1 N–H and O–H groups in total. The molecule has 0 amide bonds. The van der Waals surface area contributed by atoms with E-state index in [0.717, 1.165) is 31.9 Å². The lowest BCUT2D eigenvalue weighted by Crippen LogP contribution is -2.47. The fraction of sp³-hybridized carbons (Fsp3) is 0.480. The first-order valence-corrected chi connectivity index (χ1v) is 12.5. The quantitative estimate of drug-likeness (QED) is 0.328. The molecule has 2 aliphatic rings. The molecular formula is C25H29FN6O6. The number of imidazole rings is 1. The number of ether oxygens (including phenoxy) is 1. The van der Waals surface area contributed by atoms with Gasteiger partial charge in [0.2, 0.25) is 11.3 Å². The second-order valence-corrected chi connectivity index (χ2v) is 9.73. The number of rotatable bonds is 9. The van der Waals surface area contributed by atoms with Crippen molar-refractivity contribution in [3.8, 4) is 5.75 Å². The molecule has 3 heterocycles. The molecular weight excluding hydrogens is 499 g/mol. The number of methoxy groups -OCH3 is 1. The molecule has 0 atom stereocenters. The van der Waals surface area contributed by atoms with Crippen LogP contribution in [0.3, 0.4) is 0 Å². The number of benzene rings is 1. The van der Waals surface area contributed by atoms with Crippen LogP contribution >= 0.6 is 0 Å². The number of pyridine rings is 1. The summed E-state index contributed by atoms with van der Waals surface area (Å²) in [5, 5.41) is 20.4. The van der Waals surface area contributed by atoms with Crippen molar-refractivity contribution < 1.29 is 24.0 Å². The van der Waals surface area contributed by atoms with E-state index in [1.807, 2.05) is 4.90 Å². The number of aromatic carboxylic acids is 1. The van der Waals surface area contributed by atoms with Gasteiger partial charge in [-0.15, -0.1) is 0 Å². The second kappa shape index (κ2) is 10.0. The molecule has 1 aliphatic heterocycles. The van der Waals surface area contributed by atoms with Gasteiger partial charge in [0.05, 0.1) is 18.0 Å². The summed E-state index contributed by atoms with van der Waals surface area (Å²) in [7, 11) is 1.43. The highest BCUT2D eigenvalue weighted by Crippen LogP contribution is 2.43. The zero-order valence-electron chi connectivity index (χ0n) is 21.2. The lowest BCUT2D eigenvalue weighted by molar-refractivity contribution is -0.389. The van der Waals surface area contributed by atoms with E-state index in [2.05, 4.69) is 9.88 Å². The predicted molar refractivity (Wildman–Crippen MR) is 137 cm³/mol. The minimum absolute atomic E-state index is 0.00330. The third-order valence-corrected chi connectivity index (χ3v) is 7.29. The Morgan fingerprint density at radius 2 is 1.95 bits per heavy atom. The fourth-order valence-electron chi connectivity index (χ4n) is 5.19. The van der Waals surface area contributed by atoms with Crippen molar-refractivity contribution >= 4 is 28.4 Å². The number of nitro groups is 1.